The van der Waals surface area contributed by atoms with Gasteiger partial charge in [0.15, 0.2) is 0 Å². The zero-order chi connectivity index (χ0) is 60.5. The van der Waals surface area contributed by atoms with Crippen LogP contribution in [0.4, 0.5) is 0 Å². The van der Waals surface area contributed by atoms with Crippen LogP contribution in [0.2, 0.25) is 0 Å². The minimum absolute atomic E-state index is 0.145. The highest BCUT2D eigenvalue weighted by Gasteiger charge is 2.14. The molecular formula is C58H114O26. The number of hydrogen-bond acceptors (Lipinski definition) is 26. The van der Waals surface area contributed by atoms with Gasteiger partial charge in [0.25, 0.3) is 0 Å². The Morgan fingerprint density at radius 1 is 0.214 bits per heavy atom. The van der Waals surface area contributed by atoms with Crippen molar-refractivity contribution < 1.29 is 123 Å². The molecule has 0 saturated carbocycles. The van der Waals surface area contributed by atoms with Gasteiger partial charge in [-0.05, 0) is 19.3 Å². The van der Waals surface area contributed by atoms with E-state index in [1.807, 2.05) is 6.92 Å². The molecule has 0 aliphatic heterocycles. The Bertz CT molecular complexity index is 1250. The second-order valence-electron chi connectivity index (χ2n) is 18.1. The lowest BCUT2D eigenvalue weighted by Gasteiger charge is -2.11. The van der Waals surface area contributed by atoms with E-state index in [1.165, 1.54) is 0 Å². The van der Waals surface area contributed by atoms with Gasteiger partial charge in [-0.3, -0.25) is 9.59 Å². The molecule has 0 unspecified atom stereocenters. The lowest BCUT2D eigenvalue weighted by Crippen LogP contribution is -2.15. The molecule has 0 aromatic heterocycles. The molecule has 0 N–H and O–H groups in total. The standard InChI is InChI=1S/C58H114O26/c1-56(58(60)7-5-11-64-17-19-68-25-27-72-33-35-76-41-43-80-49-51-84-55-53-82-47-45-78-39-37-74-31-29-70-23-21-66-15-13-62-3)8-9-57(59)6-4-10-63-16-18-67-24-26-71-32-34-75-40-42-79-48-50-83-54-52-81-46-44-77-38-36-73-30-28-69-22-20-65-14-12-61-2/h56H,4-55H2,1-3H3/t56-/m0/s1. The third-order valence-electron chi connectivity index (χ3n) is 11.2. The molecule has 0 rings (SSSR count). The van der Waals surface area contributed by atoms with Crippen molar-refractivity contribution in [2.75, 3.05) is 318 Å². The largest absolute Gasteiger partial charge is 0.382 e. The Kier molecular flexibility index (Phi) is 74.2. The monoisotopic (exact) mass is 1230 g/mol. The van der Waals surface area contributed by atoms with Gasteiger partial charge in [-0.25, -0.2) is 0 Å². The van der Waals surface area contributed by atoms with Crippen molar-refractivity contribution in [3.8, 4) is 0 Å². The maximum absolute atomic E-state index is 12.6. The number of ether oxygens (including phenoxy) is 24. The zero-order valence-electron chi connectivity index (χ0n) is 52.0. The van der Waals surface area contributed by atoms with Crippen LogP contribution in [0.1, 0.15) is 45.4 Å². The number of methoxy groups -OCH3 is 2. The van der Waals surface area contributed by atoms with Crippen LogP contribution in [-0.4, -0.2) is 330 Å². The summed E-state index contributed by atoms with van der Waals surface area (Å²) in [5.41, 5.74) is 0. The van der Waals surface area contributed by atoms with Crippen molar-refractivity contribution in [1.29, 1.82) is 0 Å². The lowest BCUT2D eigenvalue weighted by molar-refractivity contribution is -0.123. The van der Waals surface area contributed by atoms with Crippen LogP contribution in [0.5, 0.6) is 0 Å². The first-order valence-electron chi connectivity index (χ1n) is 30.3. The van der Waals surface area contributed by atoms with Gasteiger partial charge >= 0.3 is 0 Å². The number of rotatable bonds is 78. The van der Waals surface area contributed by atoms with E-state index in [0.717, 1.165) is 0 Å². The summed E-state index contributed by atoms with van der Waals surface area (Å²) in [5, 5.41) is 0. The summed E-state index contributed by atoms with van der Waals surface area (Å²) in [6.07, 6.45) is 3.08. The fourth-order valence-electron chi connectivity index (χ4n) is 6.52. The predicted octanol–water partition coefficient (Wildman–Crippen LogP) is 2.76. The van der Waals surface area contributed by atoms with Gasteiger partial charge in [0.1, 0.15) is 11.6 Å². The summed E-state index contributed by atoms with van der Waals surface area (Å²) in [5.74, 6) is 0.137. The van der Waals surface area contributed by atoms with Crippen LogP contribution in [0.25, 0.3) is 0 Å². The van der Waals surface area contributed by atoms with Gasteiger partial charge in [-0.1, -0.05) is 6.92 Å². The molecule has 0 spiro atoms. The summed E-state index contributed by atoms with van der Waals surface area (Å²) < 4.78 is 131. The summed E-state index contributed by atoms with van der Waals surface area (Å²) in [6, 6.07) is 0. The molecule has 502 valence electrons. The highest BCUT2D eigenvalue weighted by molar-refractivity contribution is 5.82. The molecule has 0 radical (unpaired) electrons. The third-order valence-corrected chi connectivity index (χ3v) is 11.2. The Morgan fingerprint density at radius 3 is 0.548 bits per heavy atom. The van der Waals surface area contributed by atoms with Crippen molar-refractivity contribution >= 4 is 11.6 Å². The molecule has 1 atom stereocenters. The topological polar surface area (TPSA) is 256 Å². The maximum atomic E-state index is 12.6. The Balaban J connectivity index is 3.27. The van der Waals surface area contributed by atoms with E-state index in [-0.39, 0.29) is 17.5 Å². The molecule has 0 aromatic rings. The van der Waals surface area contributed by atoms with Crippen molar-refractivity contribution in [2.45, 2.75) is 45.4 Å². The van der Waals surface area contributed by atoms with Crippen LogP contribution >= 0.6 is 0 Å². The minimum Gasteiger partial charge on any atom is -0.382 e. The molecule has 0 aliphatic carbocycles. The number of carbonyl (C=O) groups is 2. The molecule has 26 heteroatoms. The third kappa shape index (κ3) is 72.9. The van der Waals surface area contributed by atoms with Crippen LogP contribution in [0.15, 0.2) is 0 Å². The summed E-state index contributed by atoms with van der Waals surface area (Å²) in [4.78, 5) is 24.9. The number of hydrogen-bond donors (Lipinski definition) is 0. The molecule has 84 heavy (non-hydrogen) atoms. The zero-order valence-corrected chi connectivity index (χ0v) is 52.0. The SMILES string of the molecule is COCCOCCOCCOCCOCCOCCOCCOCCOCCOCCOCCOCCCC(=O)CC[C@H](C)C(=O)CCCOCCOCCOCCOCCOCCOCCOCCOCCOCCOCCOCCOC. The van der Waals surface area contributed by atoms with Gasteiger partial charge in [0, 0.05) is 52.6 Å². The smallest absolute Gasteiger partial charge is 0.135 e. The second-order valence-corrected chi connectivity index (χ2v) is 18.1. The van der Waals surface area contributed by atoms with E-state index in [4.69, 9.17) is 114 Å². The van der Waals surface area contributed by atoms with Gasteiger partial charge in [-0.15, -0.1) is 0 Å². The van der Waals surface area contributed by atoms with E-state index >= 15 is 0 Å². The van der Waals surface area contributed by atoms with E-state index in [0.29, 0.717) is 342 Å². The lowest BCUT2D eigenvalue weighted by atomic mass is 9.95. The second kappa shape index (κ2) is 75.6. The molecule has 0 saturated heterocycles. The summed E-state index contributed by atoms with van der Waals surface area (Å²) >= 11 is 0. The quantitative estimate of drug-likeness (QED) is 0.0794. The van der Waals surface area contributed by atoms with Gasteiger partial charge in [0.2, 0.25) is 0 Å². The maximum Gasteiger partial charge on any atom is 0.135 e. The molecule has 0 heterocycles. The van der Waals surface area contributed by atoms with Crippen LogP contribution in [0.3, 0.4) is 0 Å². The molecule has 0 aliphatic rings. The first-order chi connectivity index (χ1) is 41.6. The highest BCUT2D eigenvalue weighted by Crippen LogP contribution is 2.12. The summed E-state index contributed by atoms with van der Waals surface area (Å²) in [7, 11) is 3.28. The van der Waals surface area contributed by atoms with Crippen molar-refractivity contribution in [3.63, 3.8) is 0 Å². The minimum atomic E-state index is -0.161. The van der Waals surface area contributed by atoms with Gasteiger partial charge in [0.05, 0.1) is 291 Å². The average molecular weight is 1230 g/mol. The Hall–Kier alpha value is -1.62. The first kappa shape index (κ1) is 82.4. The Labute approximate surface area is 503 Å². The summed E-state index contributed by atoms with van der Waals surface area (Å²) in [6.45, 7) is 24.7. The van der Waals surface area contributed by atoms with Gasteiger partial charge < -0.3 is 114 Å². The van der Waals surface area contributed by atoms with E-state index in [1.54, 1.807) is 14.2 Å². The van der Waals surface area contributed by atoms with Crippen LogP contribution < -0.4 is 0 Å². The molecule has 0 aromatic carbocycles. The average Bonchev–Trinajstić information content (AvgIpc) is 3.50. The fourth-order valence-corrected chi connectivity index (χ4v) is 6.52. The fraction of sp³-hybridized carbons (Fsp3) is 0.966. The highest BCUT2D eigenvalue weighted by atomic mass is 16.6. The molecular weight excluding hydrogens is 1110 g/mol. The molecule has 0 bridgehead atoms. The predicted molar refractivity (Wildman–Crippen MR) is 309 cm³/mol. The van der Waals surface area contributed by atoms with E-state index < -0.39 is 0 Å². The number of Topliss-reactive ketones (excluding diaryl/α,β-unsaturated/α-hetero) is 2. The van der Waals surface area contributed by atoms with Crippen molar-refractivity contribution in [1.82, 2.24) is 0 Å². The van der Waals surface area contributed by atoms with E-state index in [9.17, 15) is 9.59 Å². The van der Waals surface area contributed by atoms with E-state index in [2.05, 4.69) is 0 Å². The van der Waals surface area contributed by atoms with Crippen molar-refractivity contribution in [3.05, 3.63) is 0 Å². The Morgan fingerprint density at radius 2 is 0.369 bits per heavy atom. The van der Waals surface area contributed by atoms with Crippen LogP contribution in [0, 0.1) is 5.92 Å². The van der Waals surface area contributed by atoms with Crippen molar-refractivity contribution in [2.24, 2.45) is 5.92 Å². The molecule has 26 nitrogen and oxygen atoms in total. The molecule has 0 fully saturated rings. The number of ketones is 2. The number of carbonyl (C=O) groups excluding carboxylic acids is 2. The normalized spacial score (nSPS) is 12.1. The molecule has 0 amide bonds. The van der Waals surface area contributed by atoms with Crippen LogP contribution in [-0.2, 0) is 123 Å². The van der Waals surface area contributed by atoms with Gasteiger partial charge in [-0.2, -0.15) is 0 Å². The first-order valence-corrected chi connectivity index (χ1v) is 30.3.